The lowest BCUT2D eigenvalue weighted by atomic mass is 9.95. The van der Waals surface area contributed by atoms with Crippen molar-refractivity contribution in [2.75, 3.05) is 5.33 Å². The lowest BCUT2D eigenvalue weighted by Crippen LogP contribution is -2.04. The number of carbonyl (C=O) groups excluding carboxylic acids is 1. The van der Waals surface area contributed by atoms with Gasteiger partial charge in [0, 0.05) is 11.2 Å². The van der Waals surface area contributed by atoms with E-state index in [4.69, 9.17) is 0 Å². The van der Waals surface area contributed by atoms with Crippen molar-refractivity contribution in [2.24, 2.45) is 0 Å². The minimum Gasteiger partial charge on any atom is -0.303 e. The number of benzene rings is 1. The standard InChI is InChI=1S/C11H13BrO/c1-2-9-5-3-4-6-11(9)10(7-12)8-13/h3-6,8,10H,2,7H2,1H3. The number of hydrogen-bond donors (Lipinski definition) is 0. The summed E-state index contributed by atoms with van der Waals surface area (Å²) < 4.78 is 0. The van der Waals surface area contributed by atoms with Gasteiger partial charge in [0.15, 0.2) is 0 Å². The number of halogens is 1. The van der Waals surface area contributed by atoms with Gasteiger partial charge in [-0.3, -0.25) is 0 Å². The molecule has 70 valence electrons. The molecule has 0 aliphatic carbocycles. The second kappa shape index (κ2) is 5.18. The van der Waals surface area contributed by atoms with E-state index >= 15 is 0 Å². The molecule has 0 spiro atoms. The van der Waals surface area contributed by atoms with E-state index in [9.17, 15) is 4.79 Å². The van der Waals surface area contributed by atoms with Gasteiger partial charge in [0.1, 0.15) is 6.29 Å². The number of alkyl halides is 1. The molecule has 0 aliphatic rings. The van der Waals surface area contributed by atoms with E-state index in [2.05, 4.69) is 28.9 Å². The molecule has 13 heavy (non-hydrogen) atoms. The molecule has 1 nitrogen and oxygen atoms in total. The predicted molar refractivity (Wildman–Crippen MR) is 58.4 cm³/mol. The smallest absolute Gasteiger partial charge is 0.128 e. The SMILES string of the molecule is CCc1ccccc1C(C=O)CBr. The van der Waals surface area contributed by atoms with E-state index in [0.717, 1.165) is 18.3 Å². The zero-order chi connectivity index (χ0) is 9.68. The van der Waals surface area contributed by atoms with Crippen LogP contribution in [0.4, 0.5) is 0 Å². The lowest BCUT2D eigenvalue weighted by molar-refractivity contribution is -0.108. The molecule has 1 aromatic carbocycles. The molecule has 0 aromatic heterocycles. The zero-order valence-electron chi connectivity index (χ0n) is 7.66. The summed E-state index contributed by atoms with van der Waals surface area (Å²) in [4.78, 5) is 10.8. The quantitative estimate of drug-likeness (QED) is 0.585. The minimum atomic E-state index is -0.00356. The second-order valence-corrected chi connectivity index (χ2v) is 3.60. The molecule has 1 aromatic rings. The number of aryl methyl sites for hydroxylation is 1. The first kappa shape index (κ1) is 10.5. The minimum absolute atomic E-state index is 0.00356. The van der Waals surface area contributed by atoms with Gasteiger partial charge in [-0.15, -0.1) is 0 Å². The highest BCUT2D eigenvalue weighted by molar-refractivity contribution is 9.09. The van der Waals surface area contributed by atoms with E-state index in [1.54, 1.807) is 0 Å². The van der Waals surface area contributed by atoms with Gasteiger partial charge in [-0.25, -0.2) is 0 Å². The van der Waals surface area contributed by atoms with Crippen LogP contribution in [0.25, 0.3) is 0 Å². The Balaban J connectivity index is 3.03. The molecule has 0 radical (unpaired) electrons. The van der Waals surface area contributed by atoms with E-state index in [1.807, 2.05) is 18.2 Å². The van der Waals surface area contributed by atoms with Crippen LogP contribution >= 0.6 is 15.9 Å². The van der Waals surface area contributed by atoms with Crippen LogP contribution in [0.2, 0.25) is 0 Å². The van der Waals surface area contributed by atoms with Crippen LogP contribution in [0.3, 0.4) is 0 Å². The largest absolute Gasteiger partial charge is 0.303 e. The summed E-state index contributed by atoms with van der Waals surface area (Å²) in [6, 6.07) is 8.10. The molecule has 2 heteroatoms. The van der Waals surface area contributed by atoms with E-state index in [1.165, 1.54) is 5.56 Å². The molecule has 0 amide bonds. The first-order valence-corrected chi connectivity index (χ1v) is 5.54. The summed E-state index contributed by atoms with van der Waals surface area (Å²) in [5.41, 5.74) is 2.41. The Morgan fingerprint density at radius 2 is 2.15 bits per heavy atom. The van der Waals surface area contributed by atoms with Crippen molar-refractivity contribution < 1.29 is 4.79 Å². The van der Waals surface area contributed by atoms with Gasteiger partial charge in [0.25, 0.3) is 0 Å². The van der Waals surface area contributed by atoms with E-state index < -0.39 is 0 Å². The monoisotopic (exact) mass is 240 g/mol. The Morgan fingerprint density at radius 1 is 1.46 bits per heavy atom. The molecule has 0 saturated heterocycles. The molecule has 0 fully saturated rings. The maximum absolute atomic E-state index is 10.8. The molecule has 0 bridgehead atoms. The third-order valence-electron chi connectivity index (χ3n) is 2.17. The van der Waals surface area contributed by atoms with Crippen molar-refractivity contribution in [3.63, 3.8) is 0 Å². The maximum Gasteiger partial charge on any atom is 0.128 e. The van der Waals surface area contributed by atoms with Crippen molar-refractivity contribution in [1.82, 2.24) is 0 Å². The fourth-order valence-electron chi connectivity index (χ4n) is 1.41. The summed E-state index contributed by atoms with van der Waals surface area (Å²) in [6.45, 7) is 2.11. The van der Waals surface area contributed by atoms with Crippen LogP contribution in [0, 0.1) is 0 Å². The Kier molecular flexibility index (Phi) is 4.16. The van der Waals surface area contributed by atoms with Crippen LogP contribution in [-0.2, 0) is 11.2 Å². The predicted octanol–water partition coefficient (Wildman–Crippen LogP) is 2.93. The van der Waals surface area contributed by atoms with Gasteiger partial charge in [0.05, 0.1) is 0 Å². The van der Waals surface area contributed by atoms with E-state index in [0.29, 0.717) is 5.33 Å². The zero-order valence-corrected chi connectivity index (χ0v) is 9.25. The third-order valence-corrected chi connectivity index (χ3v) is 2.86. The van der Waals surface area contributed by atoms with Gasteiger partial charge >= 0.3 is 0 Å². The third kappa shape index (κ3) is 2.41. The van der Waals surface area contributed by atoms with Crippen molar-refractivity contribution in [3.05, 3.63) is 35.4 Å². The molecule has 0 N–H and O–H groups in total. The maximum atomic E-state index is 10.8. The fourth-order valence-corrected chi connectivity index (χ4v) is 1.91. The summed E-state index contributed by atoms with van der Waals surface area (Å²) >= 11 is 3.34. The highest BCUT2D eigenvalue weighted by Crippen LogP contribution is 2.20. The lowest BCUT2D eigenvalue weighted by Gasteiger charge is -2.11. The molecule has 1 unspecified atom stereocenters. The Morgan fingerprint density at radius 3 is 2.69 bits per heavy atom. The molecular formula is C11H13BrO. The molecular weight excluding hydrogens is 228 g/mol. The van der Waals surface area contributed by atoms with Crippen molar-refractivity contribution in [3.8, 4) is 0 Å². The van der Waals surface area contributed by atoms with Gasteiger partial charge < -0.3 is 4.79 Å². The summed E-state index contributed by atoms with van der Waals surface area (Å²) in [7, 11) is 0. The van der Waals surface area contributed by atoms with Crippen LogP contribution in [0.1, 0.15) is 24.0 Å². The highest BCUT2D eigenvalue weighted by atomic mass is 79.9. The number of hydrogen-bond acceptors (Lipinski definition) is 1. The van der Waals surface area contributed by atoms with Crippen LogP contribution in [0.15, 0.2) is 24.3 Å². The fraction of sp³-hybridized carbons (Fsp3) is 0.364. The Hall–Kier alpha value is -0.630. The Bertz CT molecular complexity index is 283. The molecule has 0 saturated carbocycles. The van der Waals surface area contributed by atoms with Crippen LogP contribution in [-0.4, -0.2) is 11.6 Å². The first-order valence-electron chi connectivity index (χ1n) is 4.42. The molecule has 1 atom stereocenters. The normalized spacial score (nSPS) is 12.5. The molecule has 0 aliphatic heterocycles. The summed E-state index contributed by atoms with van der Waals surface area (Å²) in [5, 5.41) is 0.702. The van der Waals surface area contributed by atoms with Crippen molar-refractivity contribution in [1.29, 1.82) is 0 Å². The van der Waals surface area contributed by atoms with Crippen molar-refractivity contribution >= 4 is 22.2 Å². The second-order valence-electron chi connectivity index (χ2n) is 2.95. The van der Waals surface area contributed by atoms with Crippen LogP contribution < -0.4 is 0 Å². The average molecular weight is 241 g/mol. The van der Waals surface area contributed by atoms with Gasteiger partial charge in [-0.05, 0) is 17.5 Å². The van der Waals surface area contributed by atoms with Gasteiger partial charge in [0.2, 0.25) is 0 Å². The highest BCUT2D eigenvalue weighted by Gasteiger charge is 2.11. The Labute approximate surface area is 87.3 Å². The number of carbonyl (C=O) groups is 1. The molecule has 1 rings (SSSR count). The van der Waals surface area contributed by atoms with Crippen LogP contribution in [0.5, 0.6) is 0 Å². The van der Waals surface area contributed by atoms with Crippen molar-refractivity contribution in [2.45, 2.75) is 19.3 Å². The molecule has 0 heterocycles. The topological polar surface area (TPSA) is 17.1 Å². The number of aldehydes is 1. The average Bonchev–Trinajstić information content (AvgIpc) is 2.20. The van der Waals surface area contributed by atoms with E-state index in [-0.39, 0.29) is 5.92 Å². The van der Waals surface area contributed by atoms with Gasteiger partial charge in [-0.1, -0.05) is 47.1 Å². The summed E-state index contributed by atoms with van der Waals surface area (Å²) in [5.74, 6) is -0.00356. The van der Waals surface area contributed by atoms with Gasteiger partial charge in [-0.2, -0.15) is 0 Å². The summed E-state index contributed by atoms with van der Waals surface area (Å²) in [6.07, 6.45) is 1.98. The first-order chi connectivity index (χ1) is 6.33. The number of rotatable bonds is 4.